The minimum Gasteiger partial charge on any atom is -0.350 e. The fourth-order valence-electron chi connectivity index (χ4n) is 3.13. The van der Waals surface area contributed by atoms with Crippen molar-refractivity contribution in [3.8, 4) is 0 Å². The summed E-state index contributed by atoms with van der Waals surface area (Å²) in [6, 6.07) is 0.244. The maximum atomic E-state index is 12.2. The highest BCUT2D eigenvalue weighted by molar-refractivity contribution is 5.82. The molecule has 0 radical (unpaired) electrons. The zero-order valence-corrected chi connectivity index (χ0v) is 13.3. The Bertz CT molecular complexity index is 523. The van der Waals surface area contributed by atoms with Gasteiger partial charge in [-0.15, -0.1) is 0 Å². The predicted molar refractivity (Wildman–Crippen MR) is 82.2 cm³/mol. The lowest BCUT2D eigenvalue weighted by atomic mass is 9.93. The van der Waals surface area contributed by atoms with Crippen LogP contribution < -0.4 is 10.6 Å². The van der Waals surface area contributed by atoms with Crippen molar-refractivity contribution < 1.29 is 4.79 Å². The number of hydrogen-bond donors (Lipinski definition) is 2. The molecule has 2 unspecified atom stereocenters. The molecular formula is C16H26N4O. The van der Waals surface area contributed by atoms with Gasteiger partial charge in [-0.1, -0.05) is 20.8 Å². The fourth-order valence-corrected chi connectivity index (χ4v) is 3.13. The molecule has 2 aliphatic heterocycles. The van der Waals surface area contributed by atoms with Crippen LogP contribution >= 0.6 is 0 Å². The van der Waals surface area contributed by atoms with Gasteiger partial charge in [0.25, 0.3) is 0 Å². The zero-order chi connectivity index (χ0) is 15.0. The van der Waals surface area contributed by atoms with Gasteiger partial charge in [-0.3, -0.25) is 4.79 Å². The van der Waals surface area contributed by atoms with Crippen LogP contribution in [-0.4, -0.2) is 34.1 Å². The maximum absolute atomic E-state index is 12.2. The Morgan fingerprint density at radius 3 is 2.90 bits per heavy atom. The molecule has 1 saturated heterocycles. The Morgan fingerprint density at radius 2 is 2.24 bits per heavy atom. The highest BCUT2D eigenvalue weighted by Crippen LogP contribution is 2.24. The minimum absolute atomic E-state index is 0.0133. The van der Waals surface area contributed by atoms with Crippen molar-refractivity contribution >= 4 is 5.91 Å². The number of carbonyl (C=O) groups is 1. The van der Waals surface area contributed by atoms with Gasteiger partial charge in [-0.05, 0) is 25.8 Å². The molecule has 2 atom stereocenters. The second-order valence-electron chi connectivity index (χ2n) is 7.34. The second kappa shape index (κ2) is 5.44. The molecular weight excluding hydrogens is 264 g/mol. The van der Waals surface area contributed by atoms with Crippen molar-refractivity contribution in [2.24, 2.45) is 0 Å². The fraction of sp³-hybridized carbons (Fsp3) is 0.750. The first-order valence-electron chi connectivity index (χ1n) is 8.04. The van der Waals surface area contributed by atoms with Crippen LogP contribution in [0.25, 0.3) is 0 Å². The van der Waals surface area contributed by atoms with Crippen LogP contribution in [0.3, 0.4) is 0 Å². The quantitative estimate of drug-likeness (QED) is 0.865. The van der Waals surface area contributed by atoms with E-state index in [1.54, 1.807) is 0 Å². The first-order chi connectivity index (χ1) is 9.93. The van der Waals surface area contributed by atoms with Gasteiger partial charge in [0.15, 0.2) is 0 Å². The number of nitrogens with zero attached hydrogens (tertiary/aromatic N) is 2. The molecule has 21 heavy (non-hydrogen) atoms. The van der Waals surface area contributed by atoms with E-state index in [4.69, 9.17) is 4.98 Å². The number of aromatic nitrogens is 2. The van der Waals surface area contributed by atoms with Crippen molar-refractivity contribution in [2.75, 3.05) is 6.54 Å². The smallest absolute Gasteiger partial charge is 0.237 e. The Kier molecular flexibility index (Phi) is 3.78. The third-order valence-corrected chi connectivity index (χ3v) is 4.48. The van der Waals surface area contributed by atoms with Crippen LogP contribution in [0.1, 0.15) is 51.6 Å². The van der Waals surface area contributed by atoms with Gasteiger partial charge in [0.1, 0.15) is 5.82 Å². The Morgan fingerprint density at radius 1 is 1.43 bits per heavy atom. The summed E-state index contributed by atoms with van der Waals surface area (Å²) in [5.74, 6) is 1.32. The first kappa shape index (κ1) is 14.6. The minimum atomic E-state index is 0.0133. The van der Waals surface area contributed by atoms with Crippen molar-refractivity contribution in [2.45, 2.75) is 70.5 Å². The molecule has 5 heteroatoms. The second-order valence-corrected chi connectivity index (χ2v) is 7.34. The predicted octanol–water partition coefficient (Wildman–Crippen LogP) is 1.36. The summed E-state index contributed by atoms with van der Waals surface area (Å²) in [5.41, 5.74) is 1.22. The highest BCUT2D eigenvalue weighted by atomic mass is 16.2. The van der Waals surface area contributed by atoms with E-state index in [1.165, 1.54) is 0 Å². The number of carbonyl (C=O) groups excluding carboxylic acids is 1. The van der Waals surface area contributed by atoms with Crippen LogP contribution in [0, 0.1) is 0 Å². The number of nitrogens with one attached hydrogen (secondary N) is 2. The van der Waals surface area contributed by atoms with Gasteiger partial charge in [0.05, 0.1) is 11.7 Å². The SMILES string of the molecule is CC(C)(C)c1cn2c(n1)CCC(NC(=O)C1CCCN1)C2. The molecule has 1 amide bonds. The lowest BCUT2D eigenvalue weighted by molar-refractivity contribution is -0.123. The molecule has 5 nitrogen and oxygen atoms in total. The van der Waals surface area contributed by atoms with Crippen LogP contribution in [0.4, 0.5) is 0 Å². The largest absolute Gasteiger partial charge is 0.350 e. The van der Waals surface area contributed by atoms with Gasteiger partial charge < -0.3 is 15.2 Å². The number of rotatable bonds is 2. The normalized spacial score (nSPS) is 25.7. The summed E-state index contributed by atoms with van der Waals surface area (Å²) < 4.78 is 2.22. The molecule has 0 bridgehead atoms. The van der Waals surface area contributed by atoms with Crippen LogP contribution in [0.15, 0.2) is 6.20 Å². The monoisotopic (exact) mass is 290 g/mol. The number of amides is 1. The third kappa shape index (κ3) is 3.12. The Hall–Kier alpha value is -1.36. The van der Waals surface area contributed by atoms with Gasteiger partial charge in [0.2, 0.25) is 5.91 Å². The maximum Gasteiger partial charge on any atom is 0.237 e. The average Bonchev–Trinajstić information content (AvgIpc) is 3.06. The van der Waals surface area contributed by atoms with Crippen LogP contribution in [0.2, 0.25) is 0 Å². The topological polar surface area (TPSA) is 59.0 Å². The molecule has 1 aromatic heterocycles. The van der Waals surface area contributed by atoms with E-state index in [9.17, 15) is 4.79 Å². The number of fused-ring (bicyclic) bond motifs is 1. The third-order valence-electron chi connectivity index (χ3n) is 4.48. The van der Waals surface area contributed by atoms with Crippen LogP contribution in [0.5, 0.6) is 0 Å². The van der Waals surface area contributed by atoms with E-state index in [0.29, 0.717) is 0 Å². The summed E-state index contributed by atoms with van der Waals surface area (Å²) in [6.45, 7) is 8.37. The van der Waals surface area contributed by atoms with E-state index < -0.39 is 0 Å². The van der Waals surface area contributed by atoms with E-state index in [1.807, 2.05) is 0 Å². The summed E-state index contributed by atoms with van der Waals surface area (Å²) in [7, 11) is 0. The average molecular weight is 290 g/mol. The zero-order valence-electron chi connectivity index (χ0n) is 13.3. The molecule has 3 rings (SSSR count). The van der Waals surface area contributed by atoms with Gasteiger partial charge in [-0.25, -0.2) is 4.98 Å². The van der Waals surface area contributed by atoms with Gasteiger partial charge in [0, 0.05) is 30.6 Å². The number of hydrogen-bond acceptors (Lipinski definition) is 3. The van der Waals surface area contributed by atoms with Crippen molar-refractivity contribution in [3.05, 3.63) is 17.7 Å². The molecule has 3 heterocycles. The lowest BCUT2D eigenvalue weighted by Gasteiger charge is -2.26. The summed E-state index contributed by atoms with van der Waals surface area (Å²) >= 11 is 0. The standard InChI is InChI=1S/C16H26N4O/c1-16(2,3)13-10-20-9-11(6-7-14(20)19-13)18-15(21)12-5-4-8-17-12/h10-12,17H,4-9H2,1-3H3,(H,18,21). The van der Waals surface area contributed by atoms with E-state index in [-0.39, 0.29) is 23.4 Å². The molecule has 0 spiro atoms. The molecule has 116 valence electrons. The van der Waals surface area contributed by atoms with E-state index in [2.05, 4.69) is 42.2 Å². The molecule has 0 aliphatic carbocycles. The van der Waals surface area contributed by atoms with E-state index >= 15 is 0 Å². The summed E-state index contributed by atoms with van der Waals surface area (Å²) in [6.07, 6.45) is 6.14. The number of aryl methyl sites for hydroxylation is 1. The molecule has 1 aromatic rings. The summed E-state index contributed by atoms with van der Waals surface area (Å²) in [4.78, 5) is 16.9. The number of imidazole rings is 1. The molecule has 0 aromatic carbocycles. The van der Waals surface area contributed by atoms with Crippen molar-refractivity contribution in [1.29, 1.82) is 0 Å². The molecule has 0 saturated carbocycles. The highest BCUT2D eigenvalue weighted by Gasteiger charge is 2.28. The molecule has 1 fully saturated rings. The lowest BCUT2D eigenvalue weighted by Crippen LogP contribution is -2.47. The Labute approximate surface area is 126 Å². The Balaban J connectivity index is 1.64. The molecule has 2 aliphatic rings. The van der Waals surface area contributed by atoms with Gasteiger partial charge >= 0.3 is 0 Å². The van der Waals surface area contributed by atoms with Gasteiger partial charge in [-0.2, -0.15) is 0 Å². The summed E-state index contributed by atoms with van der Waals surface area (Å²) in [5, 5.41) is 6.46. The molecule has 2 N–H and O–H groups in total. The van der Waals surface area contributed by atoms with Crippen molar-refractivity contribution in [1.82, 2.24) is 20.2 Å². The first-order valence-corrected chi connectivity index (χ1v) is 8.04. The van der Waals surface area contributed by atoms with Crippen LogP contribution in [-0.2, 0) is 23.2 Å². The van der Waals surface area contributed by atoms with Crippen molar-refractivity contribution in [3.63, 3.8) is 0 Å². The van der Waals surface area contributed by atoms with E-state index in [0.717, 1.165) is 50.3 Å².